The van der Waals surface area contributed by atoms with Crippen molar-refractivity contribution in [2.45, 2.75) is 43.7 Å². The van der Waals surface area contributed by atoms with Gasteiger partial charge in [0.05, 0.1) is 15.6 Å². The van der Waals surface area contributed by atoms with Crippen molar-refractivity contribution in [3.8, 4) is 0 Å². The summed E-state index contributed by atoms with van der Waals surface area (Å²) >= 11 is 15.6. The summed E-state index contributed by atoms with van der Waals surface area (Å²) in [5.41, 5.74) is 1.15. The SMILES string of the molecule is O=C(O)C1c2cc(Br)ccc2C(=O)N(Cc2ccc(Cl)c(Cl)c2)C12CCCC2. The zero-order valence-electron chi connectivity index (χ0n) is 14.9. The Labute approximate surface area is 181 Å². The van der Waals surface area contributed by atoms with Gasteiger partial charge in [0, 0.05) is 16.6 Å². The number of rotatable bonds is 3. The first-order valence-electron chi connectivity index (χ1n) is 9.11. The van der Waals surface area contributed by atoms with Gasteiger partial charge in [-0.15, -0.1) is 0 Å². The molecule has 1 amide bonds. The summed E-state index contributed by atoms with van der Waals surface area (Å²) in [4.78, 5) is 27.6. The Morgan fingerprint density at radius 3 is 2.50 bits per heavy atom. The van der Waals surface area contributed by atoms with Crippen LogP contribution < -0.4 is 0 Å². The quantitative estimate of drug-likeness (QED) is 0.593. The molecule has 1 fully saturated rings. The van der Waals surface area contributed by atoms with E-state index in [1.165, 1.54) is 0 Å². The highest BCUT2D eigenvalue weighted by Gasteiger charge is 2.55. The number of aliphatic carboxylic acids is 1. The summed E-state index contributed by atoms with van der Waals surface area (Å²) in [6.45, 7) is 0.301. The number of benzene rings is 2. The van der Waals surface area contributed by atoms with Gasteiger partial charge in [-0.2, -0.15) is 0 Å². The lowest BCUT2D eigenvalue weighted by Crippen LogP contribution is -2.58. The number of halogens is 3. The van der Waals surface area contributed by atoms with Gasteiger partial charge >= 0.3 is 5.97 Å². The number of carbonyl (C=O) groups excluding carboxylic acids is 1. The van der Waals surface area contributed by atoms with E-state index in [9.17, 15) is 14.7 Å². The second-order valence-electron chi connectivity index (χ2n) is 7.45. The first-order valence-corrected chi connectivity index (χ1v) is 10.7. The van der Waals surface area contributed by atoms with Crippen LogP contribution in [-0.2, 0) is 11.3 Å². The fourth-order valence-corrected chi connectivity index (χ4v) is 5.42. The number of fused-ring (bicyclic) bond motifs is 1. The van der Waals surface area contributed by atoms with E-state index in [2.05, 4.69) is 15.9 Å². The molecule has 1 unspecified atom stereocenters. The van der Waals surface area contributed by atoms with Crippen molar-refractivity contribution in [1.29, 1.82) is 0 Å². The number of hydrogen-bond donors (Lipinski definition) is 1. The third kappa shape index (κ3) is 3.14. The molecule has 1 heterocycles. The molecule has 146 valence electrons. The molecule has 0 saturated heterocycles. The van der Waals surface area contributed by atoms with E-state index in [0.717, 1.165) is 22.9 Å². The second-order valence-corrected chi connectivity index (χ2v) is 9.18. The van der Waals surface area contributed by atoms with E-state index in [0.29, 0.717) is 40.6 Å². The second kappa shape index (κ2) is 7.36. The van der Waals surface area contributed by atoms with Gasteiger partial charge in [-0.25, -0.2) is 0 Å². The maximum Gasteiger partial charge on any atom is 0.313 e. The van der Waals surface area contributed by atoms with Crippen LogP contribution in [0, 0.1) is 0 Å². The van der Waals surface area contributed by atoms with Crippen LogP contribution in [-0.4, -0.2) is 27.4 Å². The molecule has 2 aliphatic rings. The third-order valence-corrected chi connectivity index (χ3v) is 7.15. The van der Waals surface area contributed by atoms with Crippen molar-refractivity contribution in [3.05, 3.63) is 67.6 Å². The van der Waals surface area contributed by atoms with Crippen LogP contribution in [0.25, 0.3) is 0 Å². The van der Waals surface area contributed by atoms with Crippen molar-refractivity contribution < 1.29 is 14.7 Å². The van der Waals surface area contributed by atoms with Gasteiger partial charge in [-0.05, 0) is 54.3 Å². The number of carbonyl (C=O) groups is 2. The Balaban J connectivity index is 1.86. The predicted octanol–water partition coefficient (Wildman–Crippen LogP) is 5.89. The van der Waals surface area contributed by atoms with Gasteiger partial charge in [0.1, 0.15) is 5.92 Å². The Bertz CT molecular complexity index is 972. The van der Waals surface area contributed by atoms with Crippen molar-refractivity contribution in [2.75, 3.05) is 0 Å². The van der Waals surface area contributed by atoms with Crippen LogP contribution >= 0.6 is 39.1 Å². The number of carboxylic acids is 1. The van der Waals surface area contributed by atoms with E-state index >= 15 is 0 Å². The van der Waals surface area contributed by atoms with Crippen LogP contribution in [0.2, 0.25) is 10.0 Å². The van der Waals surface area contributed by atoms with Gasteiger partial charge in [-0.3, -0.25) is 9.59 Å². The van der Waals surface area contributed by atoms with E-state index in [4.69, 9.17) is 23.2 Å². The zero-order valence-corrected chi connectivity index (χ0v) is 18.0. The lowest BCUT2D eigenvalue weighted by molar-refractivity contribution is -0.143. The van der Waals surface area contributed by atoms with Crippen LogP contribution in [0.15, 0.2) is 40.9 Å². The summed E-state index contributed by atoms with van der Waals surface area (Å²) in [6, 6.07) is 10.5. The van der Waals surface area contributed by atoms with Crippen LogP contribution in [0.4, 0.5) is 0 Å². The third-order valence-electron chi connectivity index (χ3n) is 5.92. The Hall–Kier alpha value is -1.56. The summed E-state index contributed by atoms with van der Waals surface area (Å²) < 4.78 is 0.774. The summed E-state index contributed by atoms with van der Waals surface area (Å²) in [5, 5.41) is 11.0. The van der Waals surface area contributed by atoms with Crippen LogP contribution in [0.5, 0.6) is 0 Å². The predicted molar refractivity (Wildman–Crippen MR) is 112 cm³/mol. The van der Waals surface area contributed by atoms with Gasteiger partial charge in [0.25, 0.3) is 5.91 Å². The summed E-state index contributed by atoms with van der Waals surface area (Å²) in [5.74, 6) is -1.79. The van der Waals surface area contributed by atoms with Crippen LogP contribution in [0.3, 0.4) is 0 Å². The average molecular weight is 483 g/mol. The topological polar surface area (TPSA) is 57.6 Å². The maximum absolute atomic E-state index is 13.5. The van der Waals surface area contributed by atoms with Gasteiger partial charge in [0.15, 0.2) is 0 Å². The lowest BCUT2D eigenvalue weighted by Gasteiger charge is -2.49. The zero-order chi connectivity index (χ0) is 20.1. The molecule has 28 heavy (non-hydrogen) atoms. The summed E-state index contributed by atoms with van der Waals surface area (Å²) in [7, 11) is 0. The molecular weight excluding hydrogens is 465 g/mol. The van der Waals surface area contributed by atoms with Crippen LogP contribution in [0.1, 0.15) is 53.1 Å². The standard InChI is InChI=1S/C21H18BrCl2NO3/c22-13-4-5-14-15(10-13)18(20(27)28)21(7-1-2-8-21)25(19(14)26)11-12-3-6-16(23)17(24)9-12/h3-6,9-10,18H,1-2,7-8,11H2,(H,27,28). The van der Waals surface area contributed by atoms with Crippen molar-refractivity contribution in [1.82, 2.24) is 4.90 Å². The molecule has 1 spiro atoms. The Morgan fingerprint density at radius 2 is 1.86 bits per heavy atom. The fraction of sp³-hybridized carbons (Fsp3) is 0.333. The minimum atomic E-state index is -0.895. The number of nitrogens with zero attached hydrogens (tertiary/aromatic N) is 1. The molecule has 4 nitrogen and oxygen atoms in total. The first kappa shape index (κ1) is 19.7. The molecule has 4 rings (SSSR count). The first-order chi connectivity index (χ1) is 13.3. The lowest BCUT2D eigenvalue weighted by atomic mass is 9.71. The summed E-state index contributed by atoms with van der Waals surface area (Å²) in [6.07, 6.45) is 3.14. The minimum Gasteiger partial charge on any atom is -0.481 e. The van der Waals surface area contributed by atoms with E-state index in [-0.39, 0.29) is 5.91 Å². The minimum absolute atomic E-state index is 0.132. The molecule has 2 aromatic rings. The Morgan fingerprint density at radius 1 is 1.14 bits per heavy atom. The van der Waals surface area contributed by atoms with Gasteiger partial charge in [-0.1, -0.05) is 58.0 Å². The van der Waals surface area contributed by atoms with E-state index in [1.807, 2.05) is 6.07 Å². The molecule has 7 heteroatoms. The molecule has 1 aliphatic heterocycles. The molecule has 1 aliphatic carbocycles. The monoisotopic (exact) mass is 481 g/mol. The molecular formula is C21H18BrCl2NO3. The molecule has 1 saturated carbocycles. The molecule has 0 aromatic heterocycles. The smallest absolute Gasteiger partial charge is 0.313 e. The molecule has 2 aromatic carbocycles. The highest BCUT2D eigenvalue weighted by molar-refractivity contribution is 9.10. The molecule has 1 atom stereocenters. The number of amides is 1. The Kier molecular flexibility index (Phi) is 5.19. The van der Waals surface area contributed by atoms with Gasteiger partial charge < -0.3 is 10.0 Å². The number of hydrogen-bond acceptors (Lipinski definition) is 2. The van der Waals surface area contributed by atoms with E-state index < -0.39 is 17.4 Å². The molecule has 0 radical (unpaired) electrons. The van der Waals surface area contributed by atoms with Crippen molar-refractivity contribution in [3.63, 3.8) is 0 Å². The largest absolute Gasteiger partial charge is 0.481 e. The highest BCUT2D eigenvalue weighted by atomic mass is 79.9. The normalized spacial score (nSPS) is 20.5. The van der Waals surface area contributed by atoms with E-state index in [1.54, 1.807) is 35.2 Å². The maximum atomic E-state index is 13.5. The molecule has 0 bridgehead atoms. The molecule has 1 N–H and O–H groups in total. The highest BCUT2D eigenvalue weighted by Crippen LogP contribution is 2.51. The van der Waals surface area contributed by atoms with Crippen molar-refractivity contribution >= 4 is 51.0 Å². The van der Waals surface area contributed by atoms with Gasteiger partial charge in [0.2, 0.25) is 0 Å². The average Bonchev–Trinajstić information content (AvgIpc) is 3.11. The van der Waals surface area contributed by atoms with Crippen molar-refractivity contribution in [2.24, 2.45) is 0 Å². The number of carboxylic acid groups (broad SMARTS) is 1. The fourth-order valence-electron chi connectivity index (χ4n) is 4.72.